The number of carbonyl (C=O) groups is 4. The number of furan rings is 1. The van der Waals surface area contributed by atoms with Gasteiger partial charge in [-0.3, -0.25) is 83.8 Å². The molecule has 12 heterocycles. The molecule has 121 heavy (non-hydrogen) atoms. The van der Waals surface area contributed by atoms with E-state index in [1.54, 1.807) is 155 Å². The summed E-state index contributed by atoms with van der Waals surface area (Å²) in [4.78, 5) is 169. The Labute approximate surface area is 689 Å². The number of nitrogens with zero attached hydrogens (tertiary/aromatic N) is 17. The Balaban J connectivity index is 0.000000126. The molecule has 0 unspecified atom stereocenters. The Morgan fingerprint density at radius 2 is 0.711 bits per heavy atom. The maximum atomic E-state index is 13.2. The lowest BCUT2D eigenvalue weighted by molar-refractivity contribution is -0.385. The van der Waals surface area contributed by atoms with Crippen molar-refractivity contribution < 1.29 is 43.3 Å². The van der Waals surface area contributed by atoms with E-state index in [-0.39, 0.29) is 29.4 Å². The highest BCUT2D eigenvalue weighted by molar-refractivity contribution is 7.12. The second-order valence-electron chi connectivity index (χ2n) is 29.1. The minimum absolute atomic E-state index is 0.0296. The van der Waals surface area contributed by atoms with E-state index in [2.05, 4.69) is 9.97 Å². The van der Waals surface area contributed by atoms with E-state index in [0.717, 1.165) is 21.7 Å². The summed E-state index contributed by atoms with van der Waals surface area (Å²) in [6.07, 6.45) is 3.07. The standard InChI is InChI=1S/C24H21N5O4.C23H21N5O4.C19H18N4O5.C19H18N4O4S/c1-26-19-9-5-4-8-18(19)21(22(24(26)31)29(32)33)27-12-14-28(15-13-27)23(30)20-17-7-3-2-6-16(17)10-11-25-20;1-25-19-9-5-3-7-16(19)20(21(23(25)30)28(31)32)26-10-12-27(13-11-26)22(29)18-14-15-6-2-4-8-17(15)24-18;2*1-20-14-6-3-2-5-13(14)16(17(19(20)25)23(26)27)21-8-10-22(11-9-21)18(24)15-7-4-12-28-15/h2-11H,12-15H2,1H3;2-9,14,24H,10-13H2,1H3;2*2-7,12H,8-11H2,1H3. The Bertz CT molecular complexity index is 6510. The fourth-order valence-corrected chi connectivity index (χ4v) is 16.9. The predicted octanol–water partition coefficient (Wildman–Crippen LogP) is 10.3. The van der Waals surface area contributed by atoms with E-state index in [0.29, 0.717) is 187 Å². The van der Waals surface area contributed by atoms with Gasteiger partial charge in [0.2, 0.25) is 0 Å². The van der Waals surface area contributed by atoms with Crippen LogP contribution in [0.25, 0.3) is 65.3 Å². The van der Waals surface area contributed by atoms with E-state index < -0.39 is 64.7 Å². The lowest BCUT2D eigenvalue weighted by Crippen LogP contribution is -2.49. The second kappa shape index (κ2) is 34.1. The predicted molar refractivity (Wildman–Crippen MR) is 459 cm³/mol. The Morgan fingerprint density at radius 3 is 1.07 bits per heavy atom. The summed E-state index contributed by atoms with van der Waals surface area (Å²) in [5, 5.41) is 54.2. The molecule has 0 spiro atoms. The molecule has 14 aromatic rings. The van der Waals surface area contributed by atoms with Gasteiger partial charge in [0.1, 0.15) is 34.1 Å². The van der Waals surface area contributed by atoms with Gasteiger partial charge in [0.25, 0.3) is 23.6 Å². The number of aryl methyl sites for hydroxylation is 4. The number of para-hydroxylation sites is 5. The van der Waals surface area contributed by atoms with Gasteiger partial charge in [-0.2, -0.15) is 0 Å². The van der Waals surface area contributed by atoms with E-state index in [9.17, 15) is 78.8 Å². The average Bonchev–Trinajstić information content (AvgIpc) is 1.63. The molecular formula is C85H78N18O17S. The van der Waals surface area contributed by atoms with Crippen molar-refractivity contribution in [3.8, 4) is 0 Å². The summed E-state index contributed by atoms with van der Waals surface area (Å²) in [5.74, 6) is -0.261. The zero-order chi connectivity index (χ0) is 85.2. The minimum atomic E-state index is -0.646. The van der Waals surface area contributed by atoms with E-state index in [4.69, 9.17) is 4.42 Å². The number of fused-ring (bicyclic) bond motifs is 6. The summed E-state index contributed by atoms with van der Waals surface area (Å²) < 4.78 is 10.4. The SMILES string of the molecule is Cn1c(=O)c([N+](=O)[O-])c(N2CCN(C(=O)c3cc4ccccc4[nH]3)CC2)c2ccccc21.Cn1c(=O)c([N+](=O)[O-])c(N2CCN(C(=O)c3ccco3)CC2)c2ccccc21.Cn1c(=O)c([N+](=O)[O-])c(N2CCN(C(=O)c3cccs3)CC2)c2ccccc21.Cn1c(=O)c([N+](=O)[O-])c(N2CCN(C(=O)c3nccc4ccccc34)CC2)c2ccccc21. The number of aromatic amines is 1. The number of aromatic nitrogens is 6. The molecular weight excluding hydrogens is 1580 g/mol. The van der Waals surface area contributed by atoms with Gasteiger partial charge < -0.3 is 66.9 Å². The molecule has 0 saturated carbocycles. The Hall–Kier alpha value is -15.2. The number of rotatable bonds is 12. The van der Waals surface area contributed by atoms with Crippen molar-refractivity contribution in [2.75, 3.05) is 124 Å². The average molecular weight is 1660 g/mol. The quantitative estimate of drug-likeness (QED) is 0.0877. The third-order valence-electron chi connectivity index (χ3n) is 22.4. The molecule has 36 heteroatoms. The van der Waals surface area contributed by atoms with Gasteiger partial charge in [-0.25, -0.2) is 0 Å². The first-order chi connectivity index (χ1) is 58.4. The highest BCUT2D eigenvalue weighted by atomic mass is 32.1. The van der Waals surface area contributed by atoms with Crippen LogP contribution in [0, 0.1) is 40.5 Å². The fourth-order valence-electron chi connectivity index (χ4n) is 16.2. The molecule has 0 radical (unpaired) electrons. The van der Waals surface area contributed by atoms with Crippen LogP contribution in [0.15, 0.2) is 223 Å². The fraction of sp³-hybridized carbons (Fsp3) is 0.235. The van der Waals surface area contributed by atoms with Crippen molar-refractivity contribution in [3.05, 3.63) is 304 Å². The van der Waals surface area contributed by atoms with Crippen molar-refractivity contribution in [2.45, 2.75) is 0 Å². The molecule has 8 aromatic heterocycles. The number of nitrogens with one attached hydrogen (secondary N) is 1. The number of amides is 4. The summed E-state index contributed by atoms with van der Waals surface area (Å²) in [6, 6.07) is 54.5. The first-order valence-electron chi connectivity index (χ1n) is 38.6. The number of carbonyl (C=O) groups excluding carboxylic acids is 4. The smallest absolute Gasteiger partial charge is 0.357 e. The van der Waals surface area contributed by atoms with Gasteiger partial charge in [0.15, 0.2) is 5.76 Å². The van der Waals surface area contributed by atoms with E-state index in [1.807, 2.05) is 91.7 Å². The third kappa shape index (κ3) is 15.5. The Kier molecular flexibility index (Phi) is 22.8. The number of anilines is 4. The van der Waals surface area contributed by atoms with Gasteiger partial charge in [0, 0.05) is 177 Å². The number of hydrogen-bond donors (Lipinski definition) is 1. The first kappa shape index (κ1) is 80.9. The van der Waals surface area contributed by atoms with Crippen molar-refractivity contribution in [2.24, 2.45) is 28.2 Å². The second-order valence-corrected chi connectivity index (χ2v) is 30.0. The van der Waals surface area contributed by atoms with Crippen LogP contribution in [0.5, 0.6) is 0 Å². The molecule has 0 aliphatic carbocycles. The number of benzene rings is 6. The molecule has 0 bridgehead atoms. The summed E-state index contributed by atoms with van der Waals surface area (Å²) in [6.45, 7) is 6.30. The number of pyridine rings is 5. The number of piperazine rings is 4. The number of nitro groups is 4. The lowest BCUT2D eigenvalue weighted by atomic mass is 10.1. The Morgan fingerprint density at radius 1 is 0.372 bits per heavy atom. The van der Waals surface area contributed by atoms with E-state index >= 15 is 0 Å². The van der Waals surface area contributed by atoms with Gasteiger partial charge >= 0.3 is 45.0 Å². The van der Waals surface area contributed by atoms with Crippen LogP contribution in [-0.2, 0) is 28.2 Å². The highest BCUT2D eigenvalue weighted by Crippen LogP contribution is 2.39. The summed E-state index contributed by atoms with van der Waals surface area (Å²) >= 11 is 1.40. The highest BCUT2D eigenvalue weighted by Gasteiger charge is 2.38. The summed E-state index contributed by atoms with van der Waals surface area (Å²) in [5.41, 5.74) is 1.35. The zero-order valence-electron chi connectivity index (χ0n) is 65.8. The van der Waals surface area contributed by atoms with Gasteiger partial charge in [-0.05, 0) is 71.4 Å². The topological polar surface area (TPSA) is 397 Å². The van der Waals surface area contributed by atoms with Gasteiger partial charge in [-0.15, -0.1) is 11.3 Å². The molecule has 18 rings (SSSR count). The molecule has 4 fully saturated rings. The van der Waals surface area contributed by atoms with Crippen LogP contribution in [0.4, 0.5) is 45.5 Å². The summed E-state index contributed by atoms with van der Waals surface area (Å²) in [7, 11) is 6.15. The molecule has 4 aliphatic rings. The van der Waals surface area contributed by atoms with Crippen LogP contribution in [0.1, 0.15) is 41.2 Å². The van der Waals surface area contributed by atoms with Crippen LogP contribution in [0.3, 0.4) is 0 Å². The molecule has 1 N–H and O–H groups in total. The first-order valence-corrected chi connectivity index (χ1v) is 39.5. The van der Waals surface area contributed by atoms with Crippen LogP contribution in [-0.4, -0.2) is 196 Å². The molecule has 616 valence electrons. The molecule has 6 aromatic carbocycles. The molecule has 4 aliphatic heterocycles. The van der Waals surface area contributed by atoms with Crippen molar-refractivity contribution in [1.29, 1.82) is 0 Å². The molecule has 35 nitrogen and oxygen atoms in total. The van der Waals surface area contributed by atoms with Gasteiger partial charge in [-0.1, -0.05) is 121 Å². The largest absolute Gasteiger partial charge is 0.459 e. The third-order valence-corrected chi connectivity index (χ3v) is 23.2. The minimum Gasteiger partial charge on any atom is -0.459 e. The number of H-pyrrole nitrogens is 1. The van der Waals surface area contributed by atoms with Crippen LogP contribution >= 0.6 is 11.3 Å². The number of thiophene rings is 1. The van der Waals surface area contributed by atoms with Gasteiger partial charge in [0.05, 0.1) is 52.9 Å². The zero-order valence-corrected chi connectivity index (χ0v) is 66.6. The monoisotopic (exact) mass is 1650 g/mol. The number of hydrogen-bond acceptors (Lipinski definition) is 23. The molecule has 4 saturated heterocycles. The normalized spacial score (nSPS) is 14.3. The van der Waals surface area contributed by atoms with Crippen LogP contribution < -0.4 is 41.8 Å². The van der Waals surface area contributed by atoms with E-state index in [1.165, 1.54) is 50.0 Å². The maximum Gasteiger partial charge on any atom is 0.357 e. The van der Waals surface area contributed by atoms with Crippen molar-refractivity contribution >= 4 is 146 Å². The van der Waals surface area contributed by atoms with Crippen molar-refractivity contribution in [3.63, 3.8) is 0 Å². The lowest BCUT2D eigenvalue weighted by Gasteiger charge is -2.36. The van der Waals surface area contributed by atoms with Crippen LogP contribution in [0.2, 0.25) is 0 Å². The maximum absolute atomic E-state index is 13.2. The molecule has 4 amide bonds. The molecule has 0 atom stereocenters. The van der Waals surface area contributed by atoms with Crippen molar-refractivity contribution in [1.82, 2.24) is 47.8 Å².